The Kier molecular flexibility index (Phi) is 4.12. The number of rotatable bonds is 4. The molecule has 0 bridgehead atoms. The van der Waals surface area contributed by atoms with E-state index in [9.17, 15) is 13.6 Å². The van der Waals surface area contributed by atoms with Crippen molar-refractivity contribution in [3.63, 3.8) is 0 Å². The van der Waals surface area contributed by atoms with Gasteiger partial charge < -0.3 is 5.32 Å². The number of carbonyl (C=O) groups is 1. The summed E-state index contributed by atoms with van der Waals surface area (Å²) in [5, 5.41) is 9.51. The molecule has 2 rings (SSSR count). The average Bonchev–Trinajstić information content (AvgIpc) is 2.72. The van der Waals surface area contributed by atoms with Gasteiger partial charge in [-0.3, -0.25) is 9.89 Å². The van der Waals surface area contributed by atoms with Gasteiger partial charge in [0, 0.05) is 6.42 Å². The lowest BCUT2D eigenvalue weighted by Gasteiger charge is -2.05. The van der Waals surface area contributed by atoms with Crippen LogP contribution in [0.3, 0.4) is 0 Å². The van der Waals surface area contributed by atoms with Crippen molar-refractivity contribution in [1.29, 1.82) is 0 Å². The van der Waals surface area contributed by atoms with Gasteiger partial charge in [0.2, 0.25) is 5.91 Å². The molecular weight excluding hydrogens is 264 g/mol. The van der Waals surface area contributed by atoms with Crippen molar-refractivity contribution >= 4 is 11.6 Å². The van der Waals surface area contributed by atoms with Gasteiger partial charge in [-0.15, -0.1) is 0 Å². The number of anilines is 1. The minimum absolute atomic E-state index is 0.190. The fraction of sp³-hybridized carbons (Fsp3) is 0.286. The summed E-state index contributed by atoms with van der Waals surface area (Å²) in [4.78, 5) is 11.8. The molecule has 0 saturated carbocycles. The molecule has 6 heteroatoms. The van der Waals surface area contributed by atoms with Crippen LogP contribution in [0.1, 0.15) is 23.4 Å². The smallest absolute Gasteiger partial charge is 0.224 e. The van der Waals surface area contributed by atoms with Crippen molar-refractivity contribution in [3.8, 4) is 0 Å². The zero-order chi connectivity index (χ0) is 14.7. The van der Waals surface area contributed by atoms with Crippen LogP contribution in [0.4, 0.5) is 14.5 Å². The van der Waals surface area contributed by atoms with Crippen LogP contribution in [0.5, 0.6) is 0 Å². The number of nitrogens with zero attached hydrogens (tertiary/aromatic N) is 1. The maximum Gasteiger partial charge on any atom is 0.224 e. The second-order valence-corrected chi connectivity index (χ2v) is 4.61. The van der Waals surface area contributed by atoms with Crippen LogP contribution in [0.2, 0.25) is 0 Å². The molecule has 0 fully saturated rings. The third-order valence-corrected chi connectivity index (χ3v) is 3.02. The first-order valence-corrected chi connectivity index (χ1v) is 6.22. The van der Waals surface area contributed by atoms with E-state index in [0.717, 1.165) is 17.8 Å². The molecule has 1 aromatic heterocycles. The minimum atomic E-state index is -0.899. The maximum absolute atomic E-state index is 13.0. The molecule has 4 nitrogen and oxygen atoms in total. The fourth-order valence-corrected chi connectivity index (χ4v) is 1.89. The SMILES string of the molecule is Cc1n[nH]c(C)c1NC(=O)CCc1ccc(F)c(F)c1. The molecular formula is C14H15F2N3O. The lowest BCUT2D eigenvalue weighted by atomic mass is 10.1. The third kappa shape index (κ3) is 3.20. The zero-order valence-corrected chi connectivity index (χ0v) is 11.3. The summed E-state index contributed by atoms with van der Waals surface area (Å²) in [6.45, 7) is 3.60. The minimum Gasteiger partial charge on any atom is -0.323 e. The van der Waals surface area contributed by atoms with Gasteiger partial charge >= 0.3 is 0 Å². The highest BCUT2D eigenvalue weighted by Gasteiger charge is 2.10. The van der Waals surface area contributed by atoms with E-state index in [4.69, 9.17) is 0 Å². The molecule has 1 aromatic carbocycles. The highest BCUT2D eigenvalue weighted by molar-refractivity contribution is 5.91. The number of halogens is 2. The van der Waals surface area contributed by atoms with E-state index >= 15 is 0 Å². The number of aryl methyl sites for hydroxylation is 3. The fourth-order valence-electron chi connectivity index (χ4n) is 1.89. The first-order chi connectivity index (χ1) is 9.47. The molecule has 0 atom stereocenters. The number of carbonyl (C=O) groups excluding carboxylic acids is 1. The summed E-state index contributed by atoms with van der Waals surface area (Å²) in [7, 11) is 0. The van der Waals surface area contributed by atoms with Gasteiger partial charge in [-0.25, -0.2) is 8.78 Å². The van der Waals surface area contributed by atoms with Gasteiger partial charge in [0.15, 0.2) is 11.6 Å². The number of hydrogen-bond acceptors (Lipinski definition) is 2. The lowest BCUT2D eigenvalue weighted by molar-refractivity contribution is -0.116. The van der Waals surface area contributed by atoms with Crippen molar-refractivity contribution in [3.05, 3.63) is 46.8 Å². The normalized spacial score (nSPS) is 10.6. The van der Waals surface area contributed by atoms with Gasteiger partial charge in [-0.1, -0.05) is 6.07 Å². The Labute approximate surface area is 115 Å². The Morgan fingerprint density at radius 1 is 1.30 bits per heavy atom. The third-order valence-electron chi connectivity index (χ3n) is 3.02. The second-order valence-electron chi connectivity index (χ2n) is 4.61. The van der Waals surface area contributed by atoms with E-state index in [2.05, 4.69) is 15.5 Å². The average molecular weight is 279 g/mol. The van der Waals surface area contributed by atoms with Crippen molar-refractivity contribution in [2.45, 2.75) is 26.7 Å². The highest BCUT2D eigenvalue weighted by atomic mass is 19.2. The van der Waals surface area contributed by atoms with Crippen LogP contribution >= 0.6 is 0 Å². The first kappa shape index (κ1) is 14.2. The number of nitrogens with one attached hydrogen (secondary N) is 2. The van der Waals surface area contributed by atoms with Crippen LogP contribution in [0.15, 0.2) is 18.2 Å². The Morgan fingerprint density at radius 2 is 2.05 bits per heavy atom. The Balaban J connectivity index is 1.94. The van der Waals surface area contributed by atoms with Gasteiger partial charge in [0.25, 0.3) is 0 Å². The summed E-state index contributed by atoms with van der Waals surface area (Å²) in [6, 6.07) is 3.64. The molecule has 106 valence electrons. The van der Waals surface area contributed by atoms with Gasteiger partial charge in [-0.05, 0) is 38.0 Å². The molecule has 0 saturated heterocycles. The summed E-state index contributed by atoms with van der Waals surface area (Å²) in [6.07, 6.45) is 0.536. The molecule has 0 aliphatic heterocycles. The summed E-state index contributed by atoms with van der Waals surface area (Å²) in [5.74, 6) is -1.98. The first-order valence-electron chi connectivity index (χ1n) is 6.22. The molecule has 20 heavy (non-hydrogen) atoms. The number of amides is 1. The molecule has 1 heterocycles. The molecule has 0 radical (unpaired) electrons. The number of H-pyrrole nitrogens is 1. The van der Waals surface area contributed by atoms with Crippen LogP contribution in [-0.4, -0.2) is 16.1 Å². The topological polar surface area (TPSA) is 57.8 Å². The van der Waals surface area contributed by atoms with Crippen molar-refractivity contribution in [2.75, 3.05) is 5.32 Å². The van der Waals surface area contributed by atoms with Crippen LogP contribution in [0, 0.1) is 25.5 Å². The second kappa shape index (κ2) is 5.81. The van der Waals surface area contributed by atoms with Crippen molar-refractivity contribution in [2.24, 2.45) is 0 Å². The number of hydrogen-bond donors (Lipinski definition) is 2. The highest BCUT2D eigenvalue weighted by Crippen LogP contribution is 2.17. The van der Waals surface area contributed by atoms with E-state index < -0.39 is 11.6 Å². The predicted octanol–water partition coefficient (Wildman–Crippen LogP) is 2.88. The molecule has 1 amide bonds. The molecule has 2 N–H and O–H groups in total. The summed E-state index contributed by atoms with van der Waals surface area (Å²) in [5.41, 5.74) is 2.74. The van der Waals surface area contributed by atoms with Crippen molar-refractivity contribution in [1.82, 2.24) is 10.2 Å². The predicted molar refractivity (Wildman–Crippen MR) is 71.4 cm³/mol. The molecule has 0 unspecified atom stereocenters. The van der Waals surface area contributed by atoms with Gasteiger partial charge in [0.1, 0.15) is 0 Å². The van der Waals surface area contributed by atoms with Crippen LogP contribution < -0.4 is 5.32 Å². The molecule has 0 spiro atoms. The van der Waals surface area contributed by atoms with E-state index in [1.165, 1.54) is 6.07 Å². The summed E-state index contributed by atoms with van der Waals surface area (Å²) >= 11 is 0. The zero-order valence-electron chi connectivity index (χ0n) is 11.3. The van der Waals surface area contributed by atoms with E-state index in [1.807, 2.05) is 6.92 Å². The Bertz CT molecular complexity index is 618. The van der Waals surface area contributed by atoms with Gasteiger partial charge in [0.05, 0.1) is 17.1 Å². The number of benzene rings is 1. The van der Waals surface area contributed by atoms with E-state index in [1.54, 1.807) is 6.92 Å². The Morgan fingerprint density at radius 3 is 2.65 bits per heavy atom. The Hall–Kier alpha value is -2.24. The van der Waals surface area contributed by atoms with Gasteiger partial charge in [-0.2, -0.15) is 5.10 Å². The standard InChI is InChI=1S/C14H15F2N3O/c1-8-14(9(2)19-18-8)17-13(20)6-4-10-3-5-11(15)12(16)7-10/h3,5,7H,4,6H2,1-2H3,(H,17,20)(H,18,19). The number of aromatic amines is 1. The monoisotopic (exact) mass is 279 g/mol. The lowest BCUT2D eigenvalue weighted by Crippen LogP contribution is -2.13. The molecule has 2 aromatic rings. The van der Waals surface area contributed by atoms with Crippen LogP contribution in [-0.2, 0) is 11.2 Å². The summed E-state index contributed by atoms with van der Waals surface area (Å²) < 4.78 is 25.8. The maximum atomic E-state index is 13.0. The van der Waals surface area contributed by atoms with E-state index in [-0.39, 0.29) is 12.3 Å². The van der Waals surface area contributed by atoms with E-state index in [0.29, 0.717) is 23.4 Å². The van der Waals surface area contributed by atoms with Crippen LogP contribution in [0.25, 0.3) is 0 Å². The molecule has 0 aliphatic carbocycles. The quantitative estimate of drug-likeness (QED) is 0.904. The number of aromatic nitrogens is 2. The van der Waals surface area contributed by atoms with Crippen molar-refractivity contribution < 1.29 is 13.6 Å². The molecule has 0 aliphatic rings. The largest absolute Gasteiger partial charge is 0.323 e.